The van der Waals surface area contributed by atoms with Crippen molar-refractivity contribution in [3.05, 3.63) is 58.1 Å². The molecular weight excluding hydrogens is 353 g/mol. The lowest BCUT2D eigenvalue weighted by Crippen LogP contribution is -2.44. The van der Waals surface area contributed by atoms with Gasteiger partial charge in [-0.3, -0.25) is 4.79 Å². The zero-order valence-electron chi connectivity index (χ0n) is 13.0. The number of alkyl halides is 3. The maximum absolute atomic E-state index is 13.6. The van der Waals surface area contributed by atoms with E-state index in [0.29, 0.717) is 41.3 Å². The van der Waals surface area contributed by atoms with Gasteiger partial charge in [0.2, 0.25) is 0 Å². The molecule has 2 heterocycles. The summed E-state index contributed by atoms with van der Waals surface area (Å²) in [5, 5.41) is 3.66. The Morgan fingerprint density at radius 1 is 1.12 bits per heavy atom. The Kier molecular flexibility index (Phi) is 3.77. The van der Waals surface area contributed by atoms with Crippen LogP contribution in [0.1, 0.15) is 27.5 Å². The van der Waals surface area contributed by atoms with E-state index in [-0.39, 0.29) is 11.6 Å². The highest BCUT2D eigenvalue weighted by molar-refractivity contribution is 6.30. The van der Waals surface area contributed by atoms with Crippen molar-refractivity contribution >= 4 is 17.5 Å². The molecule has 0 saturated carbocycles. The molecule has 1 amide bonds. The predicted octanol–water partition coefficient (Wildman–Crippen LogP) is 4.13. The van der Waals surface area contributed by atoms with Crippen LogP contribution in [0.5, 0.6) is 0 Å². The molecule has 0 radical (unpaired) electrons. The Labute approximate surface area is 147 Å². The lowest BCUT2D eigenvalue weighted by molar-refractivity contribution is -0.137. The molecule has 0 aliphatic carbocycles. The van der Waals surface area contributed by atoms with Gasteiger partial charge >= 0.3 is 6.18 Å². The SMILES string of the molecule is O=C1c2c(cc(-c3ccc(Cl)cc3)cc2C(F)(F)F)[C@@H]2CNCCN12. The van der Waals surface area contributed by atoms with Gasteiger partial charge in [0.15, 0.2) is 0 Å². The van der Waals surface area contributed by atoms with Crippen LogP contribution < -0.4 is 5.32 Å². The smallest absolute Gasteiger partial charge is 0.329 e. The van der Waals surface area contributed by atoms with Crippen molar-refractivity contribution in [1.29, 1.82) is 0 Å². The molecule has 4 rings (SSSR count). The van der Waals surface area contributed by atoms with Crippen molar-refractivity contribution in [2.75, 3.05) is 19.6 Å². The lowest BCUT2D eigenvalue weighted by Gasteiger charge is -2.30. The summed E-state index contributed by atoms with van der Waals surface area (Å²) in [6.45, 7) is 1.45. The third-order valence-corrected chi connectivity index (χ3v) is 4.98. The number of carbonyl (C=O) groups excluding carboxylic acids is 1. The second-order valence-electron chi connectivity index (χ2n) is 6.21. The molecule has 0 unspecified atom stereocenters. The zero-order valence-corrected chi connectivity index (χ0v) is 13.8. The van der Waals surface area contributed by atoms with Gasteiger partial charge in [-0.25, -0.2) is 0 Å². The average Bonchev–Trinajstić information content (AvgIpc) is 2.87. The van der Waals surface area contributed by atoms with Crippen LogP contribution in [0.2, 0.25) is 5.02 Å². The molecule has 1 fully saturated rings. The molecule has 2 aliphatic rings. The van der Waals surface area contributed by atoms with E-state index in [0.717, 1.165) is 6.07 Å². The molecule has 130 valence electrons. The fourth-order valence-electron chi connectivity index (χ4n) is 3.57. The van der Waals surface area contributed by atoms with Crippen LogP contribution >= 0.6 is 11.6 Å². The fraction of sp³-hybridized carbons (Fsp3) is 0.278. The predicted molar refractivity (Wildman–Crippen MR) is 88.5 cm³/mol. The van der Waals surface area contributed by atoms with Gasteiger partial charge in [-0.1, -0.05) is 23.7 Å². The summed E-state index contributed by atoms with van der Waals surface area (Å²) >= 11 is 5.87. The van der Waals surface area contributed by atoms with Crippen LogP contribution in [0.15, 0.2) is 36.4 Å². The normalized spacial score (nSPS) is 19.8. The molecule has 2 aromatic carbocycles. The highest BCUT2D eigenvalue weighted by atomic mass is 35.5. The Bertz CT molecular complexity index is 849. The number of nitrogens with zero attached hydrogens (tertiary/aromatic N) is 1. The molecule has 2 aromatic rings. The number of halogens is 4. The van der Waals surface area contributed by atoms with E-state index >= 15 is 0 Å². The Balaban J connectivity index is 1.93. The minimum absolute atomic E-state index is 0.209. The van der Waals surface area contributed by atoms with Crippen molar-refractivity contribution in [2.24, 2.45) is 0 Å². The first-order chi connectivity index (χ1) is 11.9. The molecule has 0 bridgehead atoms. The van der Waals surface area contributed by atoms with E-state index in [1.165, 1.54) is 4.90 Å². The Hall–Kier alpha value is -2.05. The molecular formula is C18H14ClF3N2O. The van der Waals surface area contributed by atoms with Crippen LogP contribution in [0, 0.1) is 0 Å². The first-order valence-electron chi connectivity index (χ1n) is 7.89. The number of fused-ring (bicyclic) bond motifs is 3. The summed E-state index contributed by atoms with van der Waals surface area (Å²) in [5.41, 5.74) is 0.431. The molecule has 0 aromatic heterocycles. The number of hydrogen-bond acceptors (Lipinski definition) is 2. The molecule has 1 atom stereocenters. The highest BCUT2D eigenvalue weighted by Crippen LogP contribution is 2.44. The van der Waals surface area contributed by atoms with Gasteiger partial charge in [0.05, 0.1) is 17.2 Å². The van der Waals surface area contributed by atoms with E-state index in [1.807, 2.05) is 0 Å². The van der Waals surface area contributed by atoms with E-state index < -0.39 is 17.6 Å². The number of amides is 1. The molecule has 0 spiro atoms. The highest BCUT2D eigenvalue weighted by Gasteiger charge is 2.45. The van der Waals surface area contributed by atoms with Crippen LogP contribution in [-0.2, 0) is 6.18 Å². The van der Waals surface area contributed by atoms with E-state index in [9.17, 15) is 18.0 Å². The van der Waals surface area contributed by atoms with Crippen molar-refractivity contribution in [2.45, 2.75) is 12.2 Å². The maximum Gasteiger partial charge on any atom is 0.417 e. The third-order valence-electron chi connectivity index (χ3n) is 4.73. The summed E-state index contributed by atoms with van der Waals surface area (Å²) in [4.78, 5) is 14.1. The van der Waals surface area contributed by atoms with E-state index in [2.05, 4.69) is 5.32 Å². The van der Waals surface area contributed by atoms with Crippen LogP contribution in [0.25, 0.3) is 11.1 Å². The summed E-state index contributed by atoms with van der Waals surface area (Å²) in [6, 6.07) is 9.03. The number of hydrogen-bond donors (Lipinski definition) is 1. The fourth-order valence-corrected chi connectivity index (χ4v) is 3.69. The van der Waals surface area contributed by atoms with Crippen molar-refractivity contribution in [3.8, 4) is 11.1 Å². The number of nitrogens with one attached hydrogen (secondary N) is 1. The Morgan fingerprint density at radius 2 is 1.84 bits per heavy atom. The monoisotopic (exact) mass is 366 g/mol. The minimum atomic E-state index is -4.59. The first-order valence-corrected chi connectivity index (χ1v) is 8.27. The topological polar surface area (TPSA) is 32.3 Å². The molecule has 3 nitrogen and oxygen atoms in total. The number of carbonyl (C=O) groups is 1. The second-order valence-corrected chi connectivity index (χ2v) is 6.65. The van der Waals surface area contributed by atoms with Gasteiger partial charge in [0, 0.05) is 24.7 Å². The van der Waals surface area contributed by atoms with Gasteiger partial charge in [-0.2, -0.15) is 13.2 Å². The first kappa shape index (κ1) is 16.4. The second kappa shape index (κ2) is 5.75. The molecule has 25 heavy (non-hydrogen) atoms. The largest absolute Gasteiger partial charge is 0.417 e. The van der Waals surface area contributed by atoms with Crippen molar-refractivity contribution in [3.63, 3.8) is 0 Å². The van der Waals surface area contributed by atoms with Gasteiger partial charge in [0.1, 0.15) is 0 Å². The number of benzene rings is 2. The number of piperazine rings is 1. The van der Waals surface area contributed by atoms with Crippen LogP contribution in [-0.4, -0.2) is 30.4 Å². The number of rotatable bonds is 1. The quantitative estimate of drug-likeness (QED) is 0.823. The molecule has 2 aliphatic heterocycles. The molecule has 1 N–H and O–H groups in total. The van der Waals surface area contributed by atoms with Gasteiger partial charge in [-0.05, 0) is 41.0 Å². The van der Waals surface area contributed by atoms with E-state index in [1.54, 1.807) is 30.3 Å². The summed E-state index contributed by atoms with van der Waals surface area (Å²) in [7, 11) is 0. The van der Waals surface area contributed by atoms with Crippen LogP contribution in [0.4, 0.5) is 13.2 Å². The van der Waals surface area contributed by atoms with Crippen molar-refractivity contribution < 1.29 is 18.0 Å². The Morgan fingerprint density at radius 3 is 2.52 bits per heavy atom. The van der Waals surface area contributed by atoms with Crippen molar-refractivity contribution in [1.82, 2.24) is 10.2 Å². The average molecular weight is 367 g/mol. The van der Waals surface area contributed by atoms with Gasteiger partial charge < -0.3 is 10.2 Å². The maximum atomic E-state index is 13.6. The van der Waals surface area contributed by atoms with Gasteiger partial charge in [-0.15, -0.1) is 0 Å². The van der Waals surface area contributed by atoms with Crippen LogP contribution in [0.3, 0.4) is 0 Å². The standard InChI is InChI=1S/C18H14ClF3N2O/c19-12-3-1-10(2-4-12)11-7-13-15-9-23-5-6-24(15)17(25)16(13)14(8-11)18(20,21)22/h1-4,7-8,15,23H,5-6,9H2/t15-/m0/s1. The van der Waals surface area contributed by atoms with Gasteiger partial charge in [0.25, 0.3) is 5.91 Å². The third kappa shape index (κ3) is 2.69. The summed E-state index contributed by atoms with van der Waals surface area (Å²) < 4.78 is 40.9. The molecule has 7 heteroatoms. The summed E-state index contributed by atoms with van der Waals surface area (Å²) in [6.07, 6.45) is -4.59. The zero-order chi connectivity index (χ0) is 17.8. The minimum Gasteiger partial charge on any atom is -0.329 e. The molecule has 1 saturated heterocycles. The lowest BCUT2D eigenvalue weighted by atomic mass is 9.92. The van der Waals surface area contributed by atoms with E-state index in [4.69, 9.17) is 11.6 Å². The summed E-state index contributed by atoms with van der Waals surface area (Å²) in [5.74, 6) is -0.531.